The zero-order chi connectivity index (χ0) is 20.0. The smallest absolute Gasteiger partial charge is 0.357 e. The molecule has 5 nitrogen and oxygen atoms in total. The van der Waals surface area contributed by atoms with Crippen LogP contribution in [0.4, 0.5) is 13.2 Å². The van der Waals surface area contributed by atoms with E-state index in [9.17, 15) is 13.2 Å². The van der Waals surface area contributed by atoms with Crippen molar-refractivity contribution in [1.82, 2.24) is 20.5 Å². The number of aliphatic imine (C=N–C) groups is 1. The standard InChI is InChI=1S/C19H24F3N5S/c1-2-23-18(25-15-8-9-27(11-15)13-19(20,21)22)24-10-17-26-16(12-28-17)14-6-4-3-5-7-14/h3-7,12,15H,2,8-11,13H2,1H3,(H2,23,24,25). The van der Waals surface area contributed by atoms with Gasteiger partial charge in [0.15, 0.2) is 5.96 Å². The summed E-state index contributed by atoms with van der Waals surface area (Å²) in [6, 6.07) is 9.90. The predicted octanol–water partition coefficient (Wildman–Crippen LogP) is 3.50. The highest BCUT2D eigenvalue weighted by atomic mass is 32.1. The van der Waals surface area contributed by atoms with Crippen LogP contribution in [0.1, 0.15) is 18.4 Å². The van der Waals surface area contributed by atoms with Crippen molar-refractivity contribution in [3.8, 4) is 11.3 Å². The van der Waals surface area contributed by atoms with E-state index in [1.807, 2.05) is 42.6 Å². The number of guanidine groups is 1. The maximum absolute atomic E-state index is 12.5. The second-order valence-electron chi connectivity index (χ2n) is 6.67. The van der Waals surface area contributed by atoms with Gasteiger partial charge in [0, 0.05) is 36.6 Å². The molecule has 1 saturated heterocycles. The highest BCUT2D eigenvalue weighted by molar-refractivity contribution is 7.09. The second-order valence-corrected chi connectivity index (χ2v) is 7.61. The first-order valence-corrected chi connectivity index (χ1v) is 10.1. The first-order valence-electron chi connectivity index (χ1n) is 9.26. The lowest BCUT2D eigenvalue weighted by molar-refractivity contribution is -0.143. The third kappa shape index (κ3) is 6.20. The van der Waals surface area contributed by atoms with E-state index in [2.05, 4.69) is 20.6 Å². The van der Waals surface area contributed by atoms with Crippen LogP contribution < -0.4 is 10.6 Å². The van der Waals surface area contributed by atoms with Crippen LogP contribution in [-0.4, -0.2) is 54.2 Å². The largest absolute Gasteiger partial charge is 0.401 e. The molecule has 0 spiro atoms. The third-order valence-corrected chi connectivity index (χ3v) is 5.19. The lowest BCUT2D eigenvalue weighted by atomic mass is 10.2. The molecule has 1 aliphatic rings. The molecule has 0 radical (unpaired) electrons. The minimum absolute atomic E-state index is 0.0451. The Morgan fingerprint density at radius 1 is 1.32 bits per heavy atom. The molecule has 0 amide bonds. The van der Waals surface area contributed by atoms with Gasteiger partial charge in [-0.2, -0.15) is 13.2 Å². The Hall–Kier alpha value is -2.13. The van der Waals surface area contributed by atoms with Gasteiger partial charge in [-0.25, -0.2) is 9.98 Å². The van der Waals surface area contributed by atoms with Crippen molar-refractivity contribution < 1.29 is 13.2 Å². The Bertz CT molecular complexity index is 775. The van der Waals surface area contributed by atoms with Gasteiger partial charge < -0.3 is 10.6 Å². The van der Waals surface area contributed by atoms with Crippen LogP contribution in [0.25, 0.3) is 11.3 Å². The number of rotatable bonds is 6. The summed E-state index contributed by atoms with van der Waals surface area (Å²) in [7, 11) is 0. The molecule has 1 atom stereocenters. The minimum atomic E-state index is -4.16. The number of nitrogens with zero attached hydrogens (tertiary/aromatic N) is 3. The van der Waals surface area contributed by atoms with Gasteiger partial charge in [0.05, 0.1) is 18.8 Å². The van der Waals surface area contributed by atoms with Gasteiger partial charge in [-0.05, 0) is 13.3 Å². The van der Waals surface area contributed by atoms with E-state index in [1.54, 1.807) is 11.3 Å². The summed E-state index contributed by atoms with van der Waals surface area (Å²) in [5.41, 5.74) is 1.99. The molecular formula is C19H24F3N5S. The summed E-state index contributed by atoms with van der Waals surface area (Å²) >= 11 is 1.55. The van der Waals surface area contributed by atoms with Gasteiger partial charge in [-0.3, -0.25) is 4.90 Å². The molecule has 1 aromatic carbocycles. The van der Waals surface area contributed by atoms with Crippen LogP contribution in [-0.2, 0) is 6.54 Å². The molecule has 152 valence electrons. The number of hydrogen-bond donors (Lipinski definition) is 2. The van der Waals surface area contributed by atoms with Crippen LogP contribution in [0.15, 0.2) is 40.7 Å². The average Bonchev–Trinajstić information content (AvgIpc) is 3.29. The summed E-state index contributed by atoms with van der Waals surface area (Å²) in [6.07, 6.45) is -3.50. The van der Waals surface area contributed by atoms with E-state index in [4.69, 9.17) is 0 Å². The molecule has 0 aliphatic carbocycles. The molecule has 1 fully saturated rings. The highest BCUT2D eigenvalue weighted by Crippen LogP contribution is 2.22. The summed E-state index contributed by atoms with van der Waals surface area (Å²) in [4.78, 5) is 10.6. The third-order valence-electron chi connectivity index (χ3n) is 4.35. The zero-order valence-corrected chi connectivity index (χ0v) is 16.5. The number of benzene rings is 1. The van der Waals surface area contributed by atoms with Crippen LogP contribution >= 0.6 is 11.3 Å². The quantitative estimate of drug-likeness (QED) is 0.564. The molecule has 1 aromatic heterocycles. The first kappa shape index (κ1) is 20.6. The zero-order valence-electron chi connectivity index (χ0n) is 15.7. The monoisotopic (exact) mass is 411 g/mol. The normalized spacial score (nSPS) is 18.4. The molecule has 1 unspecified atom stereocenters. The van der Waals surface area contributed by atoms with Crippen molar-refractivity contribution >= 4 is 17.3 Å². The highest BCUT2D eigenvalue weighted by Gasteiger charge is 2.34. The average molecular weight is 411 g/mol. The molecule has 3 rings (SSSR count). The summed E-state index contributed by atoms with van der Waals surface area (Å²) in [5.74, 6) is 0.609. The van der Waals surface area contributed by atoms with E-state index in [0.29, 0.717) is 38.6 Å². The molecule has 0 saturated carbocycles. The van der Waals surface area contributed by atoms with Crippen LogP contribution in [0.5, 0.6) is 0 Å². The molecule has 9 heteroatoms. The second kappa shape index (κ2) is 9.38. The predicted molar refractivity (Wildman–Crippen MR) is 106 cm³/mol. The first-order chi connectivity index (χ1) is 13.4. The number of halogens is 3. The Balaban J connectivity index is 1.57. The van der Waals surface area contributed by atoms with Crippen LogP contribution in [0.2, 0.25) is 0 Å². The minimum Gasteiger partial charge on any atom is -0.357 e. The van der Waals surface area contributed by atoms with Gasteiger partial charge >= 0.3 is 6.18 Å². The molecule has 28 heavy (non-hydrogen) atoms. The molecule has 2 N–H and O–H groups in total. The summed E-state index contributed by atoms with van der Waals surface area (Å²) in [6.45, 7) is 2.99. The molecule has 0 bridgehead atoms. The number of nitrogens with one attached hydrogen (secondary N) is 2. The topological polar surface area (TPSA) is 52.6 Å². The Morgan fingerprint density at radius 3 is 2.82 bits per heavy atom. The van der Waals surface area contributed by atoms with E-state index < -0.39 is 12.7 Å². The van der Waals surface area contributed by atoms with E-state index in [-0.39, 0.29) is 6.04 Å². The lowest BCUT2D eigenvalue weighted by Gasteiger charge is -2.19. The molecule has 1 aliphatic heterocycles. The Morgan fingerprint density at radius 2 is 2.11 bits per heavy atom. The van der Waals surface area contributed by atoms with E-state index >= 15 is 0 Å². The Labute approximate surface area is 166 Å². The van der Waals surface area contributed by atoms with Crippen LogP contribution in [0.3, 0.4) is 0 Å². The molecule has 2 aromatic rings. The van der Waals surface area contributed by atoms with Crippen LogP contribution in [0, 0.1) is 0 Å². The van der Waals surface area contributed by atoms with E-state index in [0.717, 1.165) is 16.3 Å². The van der Waals surface area contributed by atoms with Crippen molar-refractivity contribution in [1.29, 1.82) is 0 Å². The van der Waals surface area contributed by atoms with Crippen molar-refractivity contribution in [3.05, 3.63) is 40.7 Å². The van der Waals surface area contributed by atoms with Gasteiger partial charge in [0.1, 0.15) is 5.01 Å². The number of hydrogen-bond acceptors (Lipinski definition) is 4. The number of aromatic nitrogens is 1. The van der Waals surface area contributed by atoms with E-state index in [1.165, 1.54) is 4.90 Å². The van der Waals surface area contributed by atoms with Gasteiger partial charge in [0.25, 0.3) is 0 Å². The van der Waals surface area contributed by atoms with Crippen molar-refractivity contribution in [2.24, 2.45) is 4.99 Å². The lowest BCUT2D eigenvalue weighted by Crippen LogP contribution is -2.45. The summed E-state index contributed by atoms with van der Waals surface area (Å²) in [5, 5.41) is 9.30. The van der Waals surface area contributed by atoms with Gasteiger partial charge in [0.2, 0.25) is 0 Å². The van der Waals surface area contributed by atoms with Crippen molar-refractivity contribution in [2.45, 2.75) is 32.1 Å². The maximum atomic E-state index is 12.5. The number of alkyl halides is 3. The SMILES string of the molecule is CCNC(=NCc1nc(-c2ccccc2)cs1)NC1CCN(CC(F)(F)F)C1. The van der Waals surface area contributed by atoms with Gasteiger partial charge in [-0.15, -0.1) is 11.3 Å². The van der Waals surface area contributed by atoms with Crippen molar-refractivity contribution in [2.75, 3.05) is 26.2 Å². The fourth-order valence-corrected chi connectivity index (χ4v) is 3.86. The van der Waals surface area contributed by atoms with Crippen molar-refractivity contribution in [3.63, 3.8) is 0 Å². The number of thiazole rings is 1. The maximum Gasteiger partial charge on any atom is 0.401 e. The fourth-order valence-electron chi connectivity index (χ4n) is 3.13. The molecule has 2 heterocycles. The summed E-state index contributed by atoms with van der Waals surface area (Å²) < 4.78 is 37.6. The van der Waals surface area contributed by atoms with Gasteiger partial charge in [-0.1, -0.05) is 30.3 Å². The Kier molecular flexibility index (Phi) is 6.90. The fraction of sp³-hybridized carbons (Fsp3) is 0.474. The number of likely N-dealkylation sites (tertiary alicyclic amines) is 1. The molecular weight excluding hydrogens is 387 g/mol.